The van der Waals surface area contributed by atoms with Gasteiger partial charge in [-0.2, -0.15) is 0 Å². The summed E-state index contributed by atoms with van der Waals surface area (Å²) >= 11 is 0. The van der Waals surface area contributed by atoms with Crippen molar-refractivity contribution in [3.8, 4) is 5.75 Å². The van der Waals surface area contributed by atoms with Gasteiger partial charge in [0.15, 0.2) is 0 Å². The van der Waals surface area contributed by atoms with Crippen LogP contribution in [0.15, 0.2) is 18.2 Å². The lowest BCUT2D eigenvalue weighted by Crippen LogP contribution is -2.49. The third kappa shape index (κ3) is 4.79. The van der Waals surface area contributed by atoms with Crippen molar-refractivity contribution in [2.24, 2.45) is 0 Å². The summed E-state index contributed by atoms with van der Waals surface area (Å²) in [4.78, 5) is 13.4. The number of nitrogens with zero attached hydrogens (tertiary/aromatic N) is 1. The predicted octanol–water partition coefficient (Wildman–Crippen LogP) is -2.21. The molecule has 1 rings (SSSR count). The van der Waals surface area contributed by atoms with E-state index >= 15 is 0 Å². The summed E-state index contributed by atoms with van der Waals surface area (Å²) in [6.45, 7) is -1.08. The average molecular weight is 344 g/mol. The van der Waals surface area contributed by atoms with E-state index in [0.29, 0.717) is 5.75 Å². The molecule has 7 N–H and O–H groups in total. The Morgan fingerprint density at radius 1 is 1.21 bits per heavy atom. The second-order valence-electron chi connectivity index (χ2n) is 5.44. The van der Waals surface area contributed by atoms with Crippen molar-refractivity contribution in [2.75, 3.05) is 33.0 Å². The molecule has 0 aliphatic heterocycles. The van der Waals surface area contributed by atoms with Crippen LogP contribution >= 0.6 is 0 Å². The number of amides is 1. The zero-order valence-electron chi connectivity index (χ0n) is 13.5. The number of ether oxygens (including phenoxy) is 1. The first kappa shape index (κ1) is 20.1. The summed E-state index contributed by atoms with van der Waals surface area (Å²) in [5.74, 6) is -0.0430. The second kappa shape index (κ2) is 8.81. The number of hydrogen-bond acceptors (Lipinski definition) is 8. The number of anilines is 1. The number of likely N-dealkylation sites (N-methyl/N-ethyl adjacent to an activating group) is 1. The third-order valence-corrected chi connectivity index (χ3v) is 3.61. The van der Waals surface area contributed by atoms with E-state index < -0.39 is 36.9 Å². The highest BCUT2D eigenvalue weighted by Gasteiger charge is 2.31. The van der Waals surface area contributed by atoms with Gasteiger partial charge in [-0.05, 0) is 18.2 Å². The van der Waals surface area contributed by atoms with E-state index in [-0.39, 0.29) is 17.8 Å². The number of aliphatic hydroxyl groups excluding tert-OH is 5. The Labute approximate surface area is 139 Å². The first-order valence-corrected chi connectivity index (χ1v) is 7.25. The standard InChI is InChI=1S/C15H24N2O7/c1-17(6-10(19)13(21)14(22)11(20)7-18)15(23)8-3-4-12(24-2)9(16)5-8/h3-5,10-11,13-14,18-22H,6-7,16H2,1-2H3. The molecule has 0 aliphatic carbocycles. The van der Waals surface area contributed by atoms with Crippen molar-refractivity contribution in [3.05, 3.63) is 23.8 Å². The van der Waals surface area contributed by atoms with Gasteiger partial charge >= 0.3 is 0 Å². The molecule has 9 heteroatoms. The molecule has 0 spiro atoms. The Balaban J connectivity index is 2.74. The minimum atomic E-state index is -1.75. The summed E-state index contributed by atoms with van der Waals surface area (Å²) in [7, 11) is 2.84. The molecule has 4 unspecified atom stereocenters. The Bertz CT molecular complexity index is 555. The lowest BCUT2D eigenvalue weighted by atomic mass is 10.0. The van der Waals surface area contributed by atoms with Gasteiger partial charge in [-0.15, -0.1) is 0 Å². The fourth-order valence-corrected chi connectivity index (χ4v) is 2.12. The van der Waals surface area contributed by atoms with Crippen molar-refractivity contribution < 1.29 is 35.1 Å². The number of nitrogens with two attached hydrogens (primary N) is 1. The Morgan fingerprint density at radius 3 is 2.29 bits per heavy atom. The van der Waals surface area contributed by atoms with E-state index in [1.165, 1.54) is 32.4 Å². The molecule has 0 saturated heterocycles. The smallest absolute Gasteiger partial charge is 0.253 e. The maximum atomic E-state index is 12.3. The van der Waals surface area contributed by atoms with Crippen LogP contribution in [-0.4, -0.2) is 88.1 Å². The highest BCUT2D eigenvalue weighted by molar-refractivity contribution is 5.95. The SMILES string of the molecule is COc1ccc(C(=O)N(C)CC(O)C(O)C(O)C(O)CO)cc1N. The largest absolute Gasteiger partial charge is 0.495 e. The molecule has 0 aliphatic rings. The van der Waals surface area contributed by atoms with Crippen LogP contribution in [0.1, 0.15) is 10.4 Å². The number of rotatable bonds is 8. The number of hydrogen-bond donors (Lipinski definition) is 6. The molecule has 0 fully saturated rings. The molecule has 0 saturated carbocycles. The number of aliphatic hydroxyl groups is 5. The van der Waals surface area contributed by atoms with E-state index in [1.807, 2.05) is 0 Å². The number of nitrogen functional groups attached to an aromatic ring is 1. The number of carbonyl (C=O) groups is 1. The van der Waals surface area contributed by atoms with E-state index in [9.17, 15) is 25.2 Å². The number of carbonyl (C=O) groups excluding carboxylic acids is 1. The first-order chi connectivity index (χ1) is 11.2. The van der Waals surface area contributed by atoms with Gasteiger partial charge in [0.1, 0.15) is 30.2 Å². The molecule has 136 valence electrons. The van der Waals surface area contributed by atoms with Crippen molar-refractivity contribution >= 4 is 11.6 Å². The lowest BCUT2D eigenvalue weighted by molar-refractivity contribution is -0.117. The molecule has 0 bridgehead atoms. The van der Waals surface area contributed by atoms with Crippen LogP contribution < -0.4 is 10.5 Å². The van der Waals surface area contributed by atoms with Crippen molar-refractivity contribution in [2.45, 2.75) is 24.4 Å². The van der Waals surface area contributed by atoms with E-state index in [1.54, 1.807) is 0 Å². The van der Waals surface area contributed by atoms with E-state index in [0.717, 1.165) is 4.90 Å². The van der Waals surface area contributed by atoms with Crippen LogP contribution in [-0.2, 0) is 0 Å². The van der Waals surface area contributed by atoms with Crippen LogP contribution in [0.5, 0.6) is 5.75 Å². The first-order valence-electron chi connectivity index (χ1n) is 7.25. The van der Waals surface area contributed by atoms with Crippen molar-refractivity contribution in [1.82, 2.24) is 4.90 Å². The van der Waals surface area contributed by atoms with Gasteiger partial charge < -0.3 is 40.9 Å². The van der Waals surface area contributed by atoms with Crippen LogP contribution in [0.2, 0.25) is 0 Å². The Hall–Kier alpha value is -1.91. The predicted molar refractivity (Wildman–Crippen MR) is 85.5 cm³/mol. The topological polar surface area (TPSA) is 157 Å². The van der Waals surface area contributed by atoms with Gasteiger partial charge in [0.25, 0.3) is 5.91 Å². The molecule has 1 aromatic rings. The normalized spacial score (nSPS) is 16.1. The third-order valence-electron chi connectivity index (χ3n) is 3.61. The summed E-state index contributed by atoms with van der Waals surface area (Å²) in [6, 6.07) is 4.45. The molecule has 0 radical (unpaired) electrons. The molecule has 4 atom stereocenters. The summed E-state index contributed by atoms with van der Waals surface area (Å²) in [5, 5.41) is 47.2. The van der Waals surface area contributed by atoms with Crippen LogP contribution in [0.4, 0.5) is 5.69 Å². The molecular weight excluding hydrogens is 320 g/mol. The van der Waals surface area contributed by atoms with Gasteiger partial charge in [-0.25, -0.2) is 0 Å². The van der Waals surface area contributed by atoms with Crippen LogP contribution in [0.3, 0.4) is 0 Å². The number of methoxy groups -OCH3 is 1. The van der Waals surface area contributed by atoms with Crippen LogP contribution in [0.25, 0.3) is 0 Å². The Morgan fingerprint density at radius 2 is 1.79 bits per heavy atom. The van der Waals surface area contributed by atoms with Crippen molar-refractivity contribution in [3.63, 3.8) is 0 Å². The fourth-order valence-electron chi connectivity index (χ4n) is 2.12. The van der Waals surface area contributed by atoms with Gasteiger partial charge in [0, 0.05) is 19.2 Å². The number of benzene rings is 1. The van der Waals surface area contributed by atoms with E-state index in [4.69, 9.17) is 15.6 Å². The zero-order chi connectivity index (χ0) is 18.4. The molecule has 1 amide bonds. The Kier molecular flexibility index (Phi) is 7.39. The van der Waals surface area contributed by atoms with Gasteiger partial charge in [-0.1, -0.05) is 0 Å². The molecular formula is C15H24N2O7. The second-order valence-corrected chi connectivity index (χ2v) is 5.44. The monoisotopic (exact) mass is 344 g/mol. The molecule has 0 heterocycles. The fraction of sp³-hybridized carbons (Fsp3) is 0.533. The summed E-state index contributed by atoms with van der Waals surface area (Å²) in [5.41, 5.74) is 6.27. The van der Waals surface area contributed by atoms with Gasteiger partial charge in [0.2, 0.25) is 0 Å². The maximum absolute atomic E-state index is 12.3. The highest BCUT2D eigenvalue weighted by atomic mass is 16.5. The minimum Gasteiger partial charge on any atom is -0.495 e. The molecule has 0 aromatic heterocycles. The average Bonchev–Trinajstić information content (AvgIpc) is 2.58. The quantitative estimate of drug-likeness (QED) is 0.290. The zero-order valence-corrected chi connectivity index (χ0v) is 13.5. The summed E-state index contributed by atoms with van der Waals surface area (Å²) < 4.78 is 5.00. The van der Waals surface area contributed by atoms with Crippen molar-refractivity contribution in [1.29, 1.82) is 0 Å². The lowest BCUT2D eigenvalue weighted by Gasteiger charge is -2.28. The van der Waals surface area contributed by atoms with Crippen LogP contribution in [0, 0.1) is 0 Å². The summed E-state index contributed by atoms with van der Waals surface area (Å²) in [6.07, 6.45) is -6.60. The maximum Gasteiger partial charge on any atom is 0.253 e. The molecule has 1 aromatic carbocycles. The molecule has 24 heavy (non-hydrogen) atoms. The highest BCUT2D eigenvalue weighted by Crippen LogP contribution is 2.22. The van der Waals surface area contributed by atoms with Gasteiger partial charge in [-0.3, -0.25) is 4.79 Å². The van der Waals surface area contributed by atoms with Gasteiger partial charge in [0.05, 0.1) is 19.4 Å². The minimum absolute atomic E-state index is 0.258. The van der Waals surface area contributed by atoms with E-state index in [2.05, 4.69) is 0 Å². The molecule has 9 nitrogen and oxygen atoms in total.